The number of ether oxygens (including phenoxy) is 1. The van der Waals surface area contributed by atoms with Gasteiger partial charge in [-0.1, -0.05) is 6.07 Å². The van der Waals surface area contributed by atoms with Gasteiger partial charge >= 0.3 is 5.97 Å². The molecular weight excluding hydrogens is 262 g/mol. The molecule has 0 aliphatic carbocycles. The predicted octanol–water partition coefficient (Wildman–Crippen LogP) is 0.349. The van der Waals surface area contributed by atoms with Crippen LogP contribution in [0.25, 0.3) is 0 Å². The van der Waals surface area contributed by atoms with Crippen molar-refractivity contribution >= 4 is 27.1 Å². The van der Waals surface area contributed by atoms with Crippen molar-refractivity contribution in [1.29, 1.82) is 0 Å². The number of nitrogens with one attached hydrogen (secondary N) is 1. The smallest absolute Gasteiger partial charge is 0.323 e. The molecule has 2 atom stereocenters. The van der Waals surface area contributed by atoms with Gasteiger partial charge in [0.1, 0.15) is 6.04 Å². The van der Waals surface area contributed by atoms with E-state index in [1.807, 2.05) is 17.5 Å². The van der Waals surface area contributed by atoms with E-state index in [1.54, 1.807) is 0 Å². The SMILES string of the molecule is COC(=O)C1CS(=O)(=O)CC(c2cccs2)N1. The maximum absolute atomic E-state index is 11.7. The predicted molar refractivity (Wildman–Crippen MR) is 64.7 cm³/mol. The van der Waals surface area contributed by atoms with E-state index >= 15 is 0 Å². The highest BCUT2D eigenvalue weighted by Crippen LogP contribution is 2.25. The van der Waals surface area contributed by atoms with E-state index in [2.05, 4.69) is 10.1 Å². The summed E-state index contributed by atoms with van der Waals surface area (Å²) in [6, 6.07) is 2.62. The molecule has 1 aliphatic heterocycles. The zero-order valence-electron chi connectivity index (χ0n) is 9.25. The van der Waals surface area contributed by atoms with Crippen LogP contribution in [0.2, 0.25) is 0 Å². The summed E-state index contributed by atoms with van der Waals surface area (Å²) >= 11 is 1.47. The lowest BCUT2D eigenvalue weighted by Crippen LogP contribution is -2.51. The Hall–Kier alpha value is -0.920. The van der Waals surface area contributed by atoms with Crippen LogP contribution in [0.1, 0.15) is 10.9 Å². The van der Waals surface area contributed by atoms with Crippen molar-refractivity contribution in [2.75, 3.05) is 18.6 Å². The summed E-state index contributed by atoms with van der Waals surface area (Å²) in [4.78, 5) is 12.3. The van der Waals surface area contributed by atoms with Crippen molar-refractivity contribution in [1.82, 2.24) is 5.32 Å². The zero-order valence-corrected chi connectivity index (χ0v) is 10.9. The summed E-state index contributed by atoms with van der Waals surface area (Å²) in [5.41, 5.74) is 0. The van der Waals surface area contributed by atoms with Gasteiger partial charge in [-0.05, 0) is 11.4 Å². The first kappa shape index (κ1) is 12.5. The van der Waals surface area contributed by atoms with Gasteiger partial charge < -0.3 is 4.74 Å². The molecule has 2 heterocycles. The van der Waals surface area contributed by atoms with Crippen LogP contribution < -0.4 is 5.32 Å². The van der Waals surface area contributed by atoms with Crippen LogP contribution in [0.5, 0.6) is 0 Å². The monoisotopic (exact) mass is 275 g/mol. The van der Waals surface area contributed by atoms with E-state index in [9.17, 15) is 13.2 Å². The van der Waals surface area contributed by atoms with Crippen LogP contribution in [0.15, 0.2) is 17.5 Å². The molecule has 5 nitrogen and oxygen atoms in total. The number of carbonyl (C=O) groups is 1. The second-order valence-corrected chi connectivity index (χ2v) is 7.02. The maximum atomic E-state index is 11.7. The van der Waals surface area contributed by atoms with Gasteiger partial charge in [-0.3, -0.25) is 10.1 Å². The van der Waals surface area contributed by atoms with Gasteiger partial charge in [0, 0.05) is 4.88 Å². The lowest BCUT2D eigenvalue weighted by Gasteiger charge is -2.28. The summed E-state index contributed by atoms with van der Waals surface area (Å²) in [7, 11) is -1.96. The minimum atomic E-state index is -3.22. The van der Waals surface area contributed by atoms with Crippen molar-refractivity contribution < 1.29 is 17.9 Å². The molecule has 1 N–H and O–H groups in total. The molecule has 2 rings (SSSR count). The van der Waals surface area contributed by atoms with Crippen molar-refractivity contribution in [3.63, 3.8) is 0 Å². The summed E-state index contributed by atoms with van der Waals surface area (Å²) in [5, 5.41) is 4.90. The molecule has 1 fully saturated rings. The van der Waals surface area contributed by atoms with E-state index in [4.69, 9.17) is 0 Å². The van der Waals surface area contributed by atoms with E-state index in [-0.39, 0.29) is 17.5 Å². The normalized spacial score (nSPS) is 27.6. The molecule has 0 bridgehead atoms. The fourth-order valence-corrected chi connectivity index (χ4v) is 4.40. The molecular formula is C10H13NO4S2. The zero-order chi connectivity index (χ0) is 12.5. The van der Waals surface area contributed by atoms with Gasteiger partial charge in [0.15, 0.2) is 9.84 Å². The average molecular weight is 275 g/mol. The van der Waals surface area contributed by atoms with Crippen LogP contribution >= 0.6 is 11.3 Å². The third kappa shape index (κ3) is 2.85. The molecule has 94 valence electrons. The Morgan fingerprint density at radius 3 is 2.88 bits per heavy atom. The number of rotatable bonds is 2. The van der Waals surface area contributed by atoms with Crippen LogP contribution in [0.4, 0.5) is 0 Å². The summed E-state index contributed by atoms with van der Waals surface area (Å²) in [5.74, 6) is -0.697. The molecule has 2 unspecified atom stereocenters. The fourth-order valence-electron chi connectivity index (χ4n) is 1.85. The molecule has 0 saturated carbocycles. The summed E-state index contributed by atoms with van der Waals surface area (Å²) in [6.45, 7) is 0. The first-order valence-electron chi connectivity index (χ1n) is 5.09. The van der Waals surface area contributed by atoms with E-state index < -0.39 is 21.8 Å². The molecule has 1 aromatic rings. The second-order valence-electron chi connectivity index (χ2n) is 3.89. The topological polar surface area (TPSA) is 72.5 Å². The Morgan fingerprint density at radius 1 is 1.53 bits per heavy atom. The number of thiophene rings is 1. The van der Waals surface area contributed by atoms with Crippen molar-refractivity contribution in [2.24, 2.45) is 0 Å². The van der Waals surface area contributed by atoms with Gasteiger partial charge in [-0.15, -0.1) is 11.3 Å². The highest BCUT2D eigenvalue weighted by Gasteiger charge is 2.36. The van der Waals surface area contributed by atoms with Crippen molar-refractivity contribution in [2.45, 2.75) is 12.1 Å². The quantitative estimate of drug-likeness (QED) is 0.788. The first-order valence-corrected chi connectivity index (χ1v) is 7.79. The number of sulfone groups is 1. The van der Waals surface area contributed by atoms with Gasteiger partial charge in [-0.25, -0.2) is 8.42 Å². The Morgan fingerprint density at radius 2 is 2.29 bits per heavy atom. The summed E-state index contributed by atoms with van der Waals surface area (Å²) < 4.78 is 28.1. The molecule has 1 saturated heterocycles. The van der Waals surface area contributed by atoms with Gasteiger partial charge in [0.25, 0.3) is 0 Å². The number of hydrogen-bond donors (Lipinski definition) is 1. The highest BCUT2D eigenvalue weighted by atomic mass is 32.2. The Balaban J connectivity index is 2.22. The van der Waals surface area contributed by atoms with Crippen LogP contribution in [0, 0.1) is 0 Å². The molecule has 17 heavy (non-hydrogen) atoms. The van der Waals surface area contributed by atoms with E-state index in [0.717, 1.165) is 4.88 Å². The third-order valence-electron chi connectivity index (χ3n) is 2.62. The number of carbonyl (C=O) groups excluding carboxylic acids is 1. The number of methoxy groups -OCH3 is 1. The maximum Gasteiger partial charge on any atom is 0.323 e. The lowest BCUT2D eigenvalue weighted by atomic mass is 10.2. The standard InChI is InChI=1S/C10H13NO4S2/c1-15-10(12)8-6-17(13,14)5-7(11-8)9-3-2-4-16-9/h2-4,7-8,11H,5-6H2,1H3. The third-order valence-corrected chi connectivity index (χ3v) is 5.28. The average Bonchev–Trinajstić information content (AvgIpc) is 2.79. The second kappa shape index (κ2) is 4.75. The number of hydrogen-bond acceptors (Lipinski definition) is 6. The molecule has 0 amide bonds. The van der Waals surface area contributed by atoms with Crippen molar-refractivity contribution in [3.8, 4) is 0 Å². The molecule has 1 aromatic heterocycles. The van der Waals surface area contributed by atoms with Gasteiger partial charge in [0.2, 0.25) is 0 Å². The molecule has 7 heteroatoms. The Bertz CT molecular complexity index is 494. The van der Waals surface area contributed by atoms with Crippen LogP contribution in [-0.4, -0.2) is 39.0 Å². The minimum Gasteiger partial charge on any atom is -0.468 e. The van der Waals surface area contributed by atoms with Crippen LogP contribution in [-0.2, 0) is 19.4 Å². The van der Waals surface area contributed by atoms with E-state index in [0.29, 0.717) is 0 Å². The molecule has 0 aromatic carbocycles. The highest BCUT2D eigenvalue weighted by molar-refractivity contribution is 7.91. The molecule has 1 aliphatic rings. The fraction of sp³-hybridized carbons (Fsp3) is 0.500. The Labute approximate surface area is 104 Å². The first-order chi connectivity index (χ1) is 8.02. The number of esters is 1. The van der Waals surface area contributed by atoms with Gasteiger partial charge in [-0.2, -0.15) is 0 Å². The van der Waals surface area contributed by atoms with Gasteiger partial charge in [0.05, 0.1) is 24.7 Å². The minimum absolute atomic E-state index is 0.0288. The van der Waals surface area contributed by atoms with E-state index in [1.165, 1.54) is 18.4 Å². The molecule has 0 spiro atoms. The molecule has 0 radical (unpaired) electrons. The van der Waals surface area contributed by atoms with Crippen LogP contribution in [0.3, 0.4) is 0 Å². The van der Waals surface area contributed by atoms with Crippen molar-refractivity contribution in [3.05, 3.63) is 22.4 Å². The summed E-state index contributed by atoms with van der Waals surface area (Å²) in [6.07, 6.45) is 0. The Kier molecular flexibility index (Phi) is 3.50. The lowest BCUT2D eigenvalue weighted by molar-refractivity contribution is -0.142. The largest absolute Gasteiger partial charge is 0.468 e.